The van der Waals surface area contributed by atoms with Crippen molar-refractivity contribution >= 4 is 5.97 Å². The molecule has 0 spiro atoms. The molecular formula is C10H18O8. The third-order valence-electron chi connectivity index (χ3n) is 2.72. The van der Waals surface area contributed by atoms with Gasteiger partial charge in [0.15, 0.2) is 12.4 Å². The van der Waals surface area contributed by atoms with Crippen molar-refractivity contribution in [3.63, 3.8) is 0 Å². The van der Waals surface area contributed by atoms with Gasteiger partial charge < -0.3 is 34.6 Å². The number of methoxy groups -OCH3 is 1. The maximum Gasteiger partial charge on any atom is 0.334 e. The molecular weight excluding hydrogens is 248 g/mol. The lowest BCUT2D eigenvalue weighted by Gasteiger charge is -2.40. The molecule has 6 atom stereocenters. The fraction of sp³-hybridized carbons (Fsp3) is 0.900. The largest absolute Gasteiger partial charge is 0.467 e. The van der Waals surface area contributed by atoms with Crippen LogP contribution in [0.4, 0.5) is 0 Å². The first-order chi connectivity index (χ1) is 8.42. The van der Waals surface area contributed by atoms with Gasteiger partial charge in [0.2, 0.25) is 0 Å². The Bertz CT molecular complexity index is 281. The molecule has 0 aromatic heterocycles. The second-order valence-electron chi connectivity index (χ2n) is 4.00. The SMILES string of the molecule is COC(=O)C(C)O[C@H]1O[C@H](CO)[C@@H](O)[C@H](O)[C@H]1O. The summed E-state index contributed by atoms with van der Waals surface area (Å²) >= 11 is 0. The molecule has 8 nitrogen and oxygen atoms in total. The quantitative estimate of drug-likeness (QED) is 0.407. The summed E-state index contributed by atoms with van der Waals surface area (Å²) in [5.74, 6) is -0.674. The molecule has 1 aliphatic heterocycles. The minimum Gasteiger partial charge on any atom is -0.467 e. The minimum atomic E-state index is -1.54. The van der Waals surface area contributed by atoms with Gasteiger partial charge in [-0.1, -0.05) is 0 Å². The predicted molar refractivity (Wildman–Crippen MR) is 56.3 cm³/mol. The van der Waals surface area contributed by atoms with Gasteiger partial charge in [-0.25, -0.2) is 4.79 Å². The Balaban J connectivity index is 2.67. The number of aliphatic hydroxyl groups is 4. The summed E-state index contributed by atoms with van der Waals surface area (Å²) in [6.45, 7) is 0.824. The highest BCUT2D eigenvalue weighted by Crippen LogP contribution is 2.22. The first-order valence-electron chi connectivity index (χ1n) is 5.46. The van der Waals surface area contributed by atoms with E-state index in [1.54, 1.807) is 0 Å². The zero-order valence-corrected chi connectivity index (χ0v) is 10.1. The Labute approximate surface area is 104 Å². The molecule has 1 fully saturated rings. The summed E-state index contributed by atoms with van der Waals surface area (Å²) in [6, 6.07) is 0. The van der Waals surface area contributed by atoms with Crippen LogP contribution in [0.5, 0.6) is 0 Å². The van der Waals surface area contributed by atoms with Crippen molar-refractivity contribution in [2.24, 2.45) is 0 Å². The van der Waals surface area contributed by atoms with Crippen LogP contribution in [-0.4, -0.2) is 76.9 Å². The molecule has 0 saturated carbocycles. The topological polar surface area (TPSA) is 126 Å². The van der Waals surface area contributed by atoms with Gasteiger partial charge in [0.25, 0.3) is 0 Å². The summed E-state index contributed by atoms with van der Waals surface area (Å²) in [4.78, 5) is 11.1. The molecule has 0 aromatic rings. The second kappa shape index (κ2) is 6.41. The van der Waals surface area contributed by atoms with Crippen LogP contribution in [-0.2, 0) is 19.0 Å². The highest BCUT2D eigenvalue weighted by molar-refractivity contribution is 5.73. The van der Waals surface area contributed by atoms with Crippen molar-refractivity contribution in [1.82, 2.24) is 0 Å². The lowest BCUT2D eigenvalue weighted by Crippen LogP contribution is -2.59. The van der Waals surface area contributed by atoms with Crippen LogP contribution in [0.25, 0.3) is 0 Å². The zero-order valence-electron chi connectivity index (χ0n) is 10.1. The van der Waals surface area contributed by atoms with E-state index in [1.807, 2.05) is 0 Å². The summed E-state index contributed by atoms with van der Waals surface area (Å²) in [5.41, 5.74) is 0. The zero-order chi connectivity index (χ0) is 13.9. The number of hydrogen-bond donors (Lipinski definition) is 4. The molecule has 4 N–H and O–H groups in total. The molecule has 18 heavy (non-hydrogen) atoms. The number of carbonyl (C=O) groups excluding carboxylic acids is 1. The molecule has 0 aromatic carbocycles. The fourth-order valence-corrected chi connectivity index (χ4v) is 1.60. The number of carbonyl (C=O) groups is 1. The van der Waals surface area contributed by atoms with E-state index in [9.17, 15) is 20.1 Å². The Morgan fingerprint density at radius 1 is 1.28 bits per heavy atom. The predicted octanol–water partition coefficient (Wildman–Crippen LogP) is -2.64. The Hall–Kier alpha value is -0.770. The molecule has 1 unspecified atom stereocenters. The van der Waals surface area contributed by atoms with Crippen molar-refractivity contribution in [1.29, 1.82) is 0 Å². The molecule has 1 rings (SSSR count). The Morgan fingerprint density at radius 3 is 2.39 bits per heavy atom. The number of esters is 1. The smallest absolute Gasteiger partial charge is 0.334 e. The van der Waals surface area contributed by atoms with E-state index in [1.165, 1.54) is 14.0 Å². The molecule has 1 aliphatic rings. The number of ether oxygens (including phenoxy) is 3. The molecule has 106 valence electrons. The maximum absolute atomic E-state index is 11.1. The van der Waals surface area contributed by atoms with Gasteiger partial charge in [0.1, 0.15) is 24.4 Å². The van der Waals surface area contributed by atoms with Gasteiger partial charge in [-0.2, -0.15) is 0 Å². The lowest BCUT2D eigenvalue weighted by atomic mass is 9.99. The van der Waals surface area contributed by atoms with Gasteiger partial charge >= 0.3 is 5.97 Å². The molecule has 1 saturated heterocycles. The molecule has 8 heteroatoms. The van der Waals surface area contributed by atoms with Crippen LogP contribution in [0.3, 0.4) is 0 Å². The summed E-state index contributed by atoms with van der Waals surface area (Å²) < 4.78 is 14.6. The van der Waals surface area contributed by atoms with Gasteiger partial charge in [-0.15, -0.1) is 0 Å². The van der Waals surface area contributed by atoms with Crippen LogP contribution in [0.1, 0.15) is 6.92 Å². The van der Waals surface area contributed by atoms with Gasteiger partial charge in [-0.3, -0.25) is 0 Å². The minimum absolute atomic E-state index is 0.558. The first kappa shape index (κ1) is 15.3. The van der Waals surface area contributed by atoms with E-state index >= 15 is 0 Å². The summed E-state index contributed by atoms with van der Waals surface area (Å²) in [6.07, 6.45) is -7.96. The standard InChI is InChI=1S/C10H18O8/c1-4(9(15)16-2)17-10-8(14)7(13)6(12)5(3-11)18-10/h4-8,10-14H,3H2,1-2H3/t4?,5-,6-,7+,8-,10+/m1/s1. The van der Waals surface area contributed by atoms with E-state index in [4.69, 9.17) is 14.6 Å². The van der Waals surface area contributed by atoms with E-state index in [0.717, 1.165) is 0 Å². The Kier molecular flexibility index (Phi) is 5.45. The molecule has 1 heterocycles. The second-order valence-corrected chi connectivity index (χ2v) is 4.00. The summed E-state index contributed by atoms with van der Waals surface area (Å²) in [5, 5.41) is 37.6. The highest BCUT2D eigenvalue weighted by atomic mass is 16.7. The Morgan fingerprint density at radius 2 is 1.89 bits per heavy atom. The molecule has 0 amide bonds. The van der Waals surface area contributed by atoms with Crippen molar-refractivity contribution in [2.45, 2.75) is 43.7 Å². The van der Waals surface area contributed by atoms with Crippen molar-refractivity contribution < 1.29 is 39.4 Å². The van der Waals surface area contributed by atoms with Crippen LogP contribution >= 0.6 is 0 Å². The lowest BCUT2D eigenvalue weighted by molar-refractivity contribution is -0.308. The molecule has 0 radical (unpaired) electrons. The highest BCUT2D eigenvalue weighted by Gasteiger charge is 2.45. The van der Waals surface area contributed by atoms with Gasteiger partial charge in [-0.05, 0) is 6.92 Å². The molecule has 0 aliphatic carbocycles. The van der Waals surface area contributed by atoms with Crippen molar-refractivity contribution in [3.8, 4) is 0 Å². The van der Waals surface area contributed by atoms with E-state index < -0.39 is 49.4 Å². The van der Waals surface area contributed by atoms with Crippen LogP contribution in [0, 0.1) is 0 Å². The number of aliphatic hydroxyl groups excluding tert-OH is 4. The van der Waals surface area contributed by atoms with Crippen molar-refractivity contribution in [2.75, 3.05) is 13.7 Å². The van der Waals surface area contributed by atoms with E-state index in [-0.39, 0.29) is 0 Å². The monoisotopic (exact) mass is 266 g/mol. The van der Waals surface area contributed by atoms with Crippen molar-refractivity contribution in [3.05, 3.63) is 0 Å². The number of hydrogen-bond acceptors (Lipinski definition) is 8. The average Bonchev–Trinajstić information content (AvgIpc) is 2.38. The normalized spacial score (nSPS) is 38.2. The van der Waals surface area contributed by atoms with E-state index in [0.29, 0.717) is 0 Å². The maximum atomic E-state index is 11.1. The van der Waals surface area contributed by atoms with Gasteiger partial charge in [0.05, 0.1) is 13.7 Å². The third-order valence-corrected chi connectivity index (χ3v) is 2.72. The van der Waals surface area contributed by atoms with E-state index in [2.05, 4.69) is 4.74 Å². The fourth-order valence-electron chi connectivity index (χ4n) is 1.60. The third kappa shape index (κ3) is 3.16. The summed E-state index contributed by atoms with van der Waals surface area (Å²) in [7, 11) is 1.18. The van der Waals surface area contributed by atoms with Crippen LogP contribution < -0.4 is 0 Å². The van der Waals surface area contributed by atoms with Gasteiger partial charge in [0, 0.05) is 0 Å². The molecule has 0 bridgehead atoms. The average molecular weight is 266 g/mol. The van der Waals surface area contributed by atoms with Crippen LogP contribution in [0.2, 0.25) is 0 Å². The van der Waals surface area contributed by atoms with Crippen LogP contribution in [0.15, 0.2) is 0 Å². The first-order valence-corrected chi connectivity index (χ1v) is 5.46. The number of rotatable bonds is 4.